The fourth-order valence-electron chi connectivity index (χ4n) is 3.12. The zero-order chi connectivity index (χ0) is 11.0. The normalized spacial score (nSPS) is 38.8. The maximum absolute atomic E-state index is 12.3. The molecular formula is C12H20N2O2. The Kier molecular flexibility index (Phi) is 2.86. The average molecular weight is 224 g/mol. The lowest BCUT2D eigenvalue weighted by atomic mass is 9.98. The van der Waals surface area contributed by atoms with Gasteiger partial charge in [-0.25, -0.2) is 0 Å². The summed E-state index contributed by atoms with van der Waals surface area (Å²) in [4.78, 5) is 14.3. The number of nitrogens with one attached hydrogen (secondary N) is 1. The van der Waals surface area contributed by atoms with E-state index in [9.17, 15) is 4.79 Å². The van der Waals surface area contributed by atoms with Gasteiger partial charge in [0.05, 0.1) is 18.1 Å². The standard InChI is InChI=1S/C12H20N2O2/c15-12(9-2-1-5-13-6-9)14-7-10-3-4-11(8-14)16-10/h9-11,13H,1-8H2/t9-,10?,11?/m1/s1. The molecule has 0 aliphatic carbocycles. The Labute approximate surface area is 96.3 Å². The third kappa shape index (κ3) is 1.96. The summed E-state index contributed by atoms with van der Waals surface area (Å²) in [6.07, 6.45) is 5.10. The number of piperidine rings is 1. The van der Waals surface area contributed by atoms with Crippen molar-refractivity contribution >= 4 is 5.91 Å². The number of morpholine rings is 1. The van der Waals surface area contributed by atoms with Gasteiger partial charge in [-0.3, -0.25) is 4.79 Å². The number of amides is 1. The van der Waals surface area contributed by atoms with Crippen molar-refractivity contribution in [3.8, 4) is 0 Å². The van der Waals surface area contributed by atoms with Crippen molar-refractivity contribution in [2.45, 2.75) is 37.9 Å². The van der Waals surface area contributed by atoms with Gasteiger partial charge in [0.15, 0.2) is 0 Å². The molecule has 0 saturated carbocycles. The number of hydrogen-bond donors (Lipinski definition) is 1. The van der Waals surface area contributed by atoms with Gasteiger partial charge < -0.3 is 15.0 Å². The highest BCUT2D eigenvalue weighted by Crippen LogP contribution is 2.27. The van der Waals surface area contributed by atoms with E-state index in [1.54, 1.807) is 0 Å². The average Bonchev–Trinajstić information content (AvgIpc) is 2.68. The molecule has 3 aliphatic rings. The van der Waals surface area contributed by atoms with E-state index in [1.165, 1.54) is 0 Å². The van der Waals surface area contributed by atoms with Crippen molar-refractivity contribution < 1.29 is 9.53 Å². The van der Waals surface area contributed by atoms with E-state index in [4.69, 9.17) is 4.74 Å². The molecule has 90 valence electrons. The molecule has 0 aromatic carbocycles. The van der Waals surface area contributed by atoms with Gasteiger partial charge in [-0.2, -0.15) is 0 Å². The van der Waals surface area contributed by atoms with Crippen LogP contribution in [-0.4, -0.2) is 49.2 Å². The largest absolute Gasteiger partial charge is 0.371 e. The zero-order valence-corrected chi connectivity index (χ0v) is 9.65. The molecule has 2 bridgehead atoms. The van der Waals surface area contributed by atoms with Crippen molar-refractivity contribution in [1.82, 2.24) is 10.2 Å². The quantitative estimate of drug-likeness (QED) is 0.700. The third-order valence-electron chi connectivity index (χ3n) is 4.00. The van der Waals surface area contributed by atoms with Crippen LogP contribution in [0.5, 0.6) is 0 Å². The number of likely N-dealkylation sites (tertiary alicyclic amines) is 1. The van der Waals surface area contributed by atoms with Crippen molar-refractivity contribution in [3.63, 3.8) is 0 Å². The van der Waals surface area contributed by atoms with E-state index in [0.717, 1.165) is 51.9 Å². The molecule has 16 heavy (non-hydrogen) atoms. The predicted molar refractivity (Wildman–Crippen MR) is 60.1 cm³/mol. The minimum absolute atomic E-state index is 0.214. The van der Waals surface area contributed by atoms with Crippen LogP contribution in [0.4, 0.5) is 0 Å². The summed E-state index contributed by atoms with van der Waals surface area (Å²) in [6, 6.07) is 0. The molecule has 0 aromatic rings. The van der Waals surface area contributed by atoms with Gasteiger partial charge in [-0.1, -0.05) is 0 Å². The Bertz CT molecular complexity index is 264. The van der Waals surface area contributed by atoms with Crippen molar-refractivity contribution in [2.24, 2.45) is 5.92 Å². The first-order chi connectivity index (χ1) is 7.83. The Morgan fingerprint density at radius 3 is 2.56 bits per heavy atom. The van der Waals surface area contributed by atoms with Crippen molar-refractivity contribution in [2.75, 3.05) is 26.2 Å². The lowest BCUT2D eigenvalue weighted by Crippen LogP contribution is -2.50. The van der Waals surface area contributed by atoms with Gasteiger partial charge in [0.2, 0.25) is 5.91 Å². The summed E-state index contributed by atoms with van der Waals surface area (Å²) in [5.41, 5.74) is 0. The molecule has 3 fully saturated rings. The molecule has 3 rings (SSSR count). The van der Waals surface area contributed by atoms with Gasteiger partial charge in [-0.05, 0) is 32.2 Å². The number of fused-ring (bicyclic) bond motifs is 2. The van der Waals surface area contributed by atoms with Crippen molar-refractivity contribution in [3.05, 3.63) is 0 Å². The Morgan fingerprint density at radius 2 is 1.94 bits per heavy atom. The van der Waals surface area contributed by atoms with Crippen LogP contribution >= 0.6 is 0 Å². The summed E-state index contributed by atoms with van der Waals surface area (Å²) in [6.45, 7) is 3.58. The van der Waals surface area contributed by atoms with Crippen LogP contribution in [0.3, 0.4) is 0 Å². The predicted octanol–water partition coefficient (Wildman–Crippen LogP) is 0.376. The van der Waals surface area contributed by atoms with E-state index < -0.39 is 0 Å². The minimum atomic E-state index is 0.214. The molecule has 4 heteroatoms. The second-order valence-electron chi connectivity index (χ2n) is 5.24. The minimum Gasteiger partial charge on any atom is -0.371 e. The lowest BCUT2D eigenvalue weighted by molar-refractivity contribution is -0.144. The van der Waals surface area contributed by atoms with Crippen LogP contribution in [0.2, 0.25) is 0 Å². The smallest absolute Gasteiger partial charge is 0.227 e. The number of nitrogens with zero attached hydrogens (tertiary/aromatic N) is 1. The van der Waals surface area contributed by atoms with E-state index in [0.29, 0.717) is 18.1 Å². The zero-order valence-electron chi connectivity index (χ0n) is 9.65. The SMILES string of the molecule is O=C([C@@H]1CCCNC1)N1CC2CCC(C1)O2. The first-order valence-electron chi connectivity index (χ1n) is 6.48. The molecule has 0 spiro atoms. The van der Waals surface area contributed by atoms with E-state index >= 15 is 0 Å². The first kappa shape index (κ1) is 10.5. The maximum atomic E-state index is 12.3. The van der Waals surface area contributed by atoms with Crippen LogP contribution in [0, 0.1) is 5.92 Å². The second-order valence-corrected chi connectivity index (χ2v) is 5.24. The Hall–Kier alpha value is -0.610. The number of carbonyl (C=O) groups excluding carboxylic acids is 1. The molecular weight excluding hydrogens is 204 g/mol. The van der Waals surface area contributed by atoms with Gasteiger partial charge in [0.1, 0.15) is 0 Å². The summed E-state index contributed by atoms with van der Waals surface area (Å²) >= 11 is 0. The van der Waals surface area contributed by atoms with Crippen LogP contribution in [-0.2, 0) is 9.53 Å². The highest BCUT2D eigenvalue weighted by molar-refractivity contribution is 5.79. The second kappa shape index (κ2) is 4.34. The van der Waals surface area contributed by atoms with Crippen LogP contribution in [0.25, 0.3) is 0 Å². The maximum Gasteiger partial charge on any atom is 0.227 e. The number of carbonyl (C=O) groups is 1. The van der Waals surface area contributed by atoms with Crippen LogP contribution in [0.15, 0.2) is 0 Å². The van der Waals surface area contributed by atoms with Gasteiger partial charge in [0, 0.05) is 19.6 Å². The number of hydrogen-bond acceptors (Lipinski definition) is 3. The van der Waals surface area contributed by atoms with Crippen LogP contribution in [0.1, 0.15) is 25.7 Å². The first-order valence-corrected chi connectivity index (χ1v) is 6.48. The Balaban J connectivity index is 1.61. The van der Waals surface area contributed by atoms with E-state index in [2.05, 4.69) is 5.32 Å². The molecule has 4 nitrogen and oxygen atoms in total. The highest BCUT2D eigenvalue weighted by Gasteiger charge is 2.37. The summed E-state index contributed by atoms with van der Waals surface area (Å²) in [5, 5.41) is 3.31. The summed E-state index contributed by atoms with van der Waals surface area (Å²) in [7, 11) is 0. The fraction of sp³-hybridized carbons (Fsp3) is 0.917. The molecule has 3 heterocycles. The van der Waals surface area contributed by atoms with E-state index in [1.807, 2.05) is 4.90 Å². The molecule has 3 atom stereocenters. The van der Waals surface area contributed by atoms with Gasteiger partial charge in [0.25, 0.3) is 0 Å². The van der Waals surface area contributed by atoms with Gasteiger partial charge >= 0.3 is 0 Å². The monoisotopic (exact) mass is 224 g/mol. The molecule has 0 radical (unpaired) electrons. The summed E-state index contributed by atoms with van der Waals surface area (Å²) in [5.74, 6) is 0.568. The Morgan fingerprint density at radius 1 is 1.19 bits per heavy atom. The molecule has 3 saturated heterocycles. The lowest BCUT2D eigenvalue weighted by Gasteiger charge is -2.35. The third-order valence-corrected chi connectivity index (χ3v) is 4.00. The van der Waals surface area contributed by atoms with Crippen LogP contribution < -0.4 is 5.32 Å². The summed E-state index contributed by atoms with van der Waals surface area (Å²) < 4.78 is 5.76. The van der Waals surface area contributed by atoms with E-state index in [-0.39, 0.29) is 5.92 Å². The van der Waals surface area contributed by atoms with Gasteiger partial charge in [-0.15, -0.1) is 0 Å². The van der Waals surface area contributed by atoms with Crippen molar-refractivity contribution in [1.29, 1.82) is 0 Å². The number of ether oxygens (including phenoxy) is 1. The molecule has 0 aromatic heterocycles. The molecule has 3 aliphatic heterocycles. The highest BCUT2D eigenvalue weighted by atomic mass is 16.5. The topological polar surface area (TPSA) is 41.6 Å². The fourth-order valence-corrected chi connectivity index (χ4v) is 3.12. The molecule has 1 N–H and O–H groups in total. The number of rotatable bonds is 1. The molecule has 1 amide bonds. The molecule has 2 unspecified atom stereocenters.